The number of aliphatic hydroxyl groups excluding tert-OH is 1. The second kappa shape index (κ2) is 7.03. The van der Waals surface area contributed by atoms with Crippen molar-refractivity contribution < 1.29 is 9.84 Å². The molecule has 1 aromatic rings. The van der Waals surface area contributed by atoms with Gasteiger partial charge in [0, 0.05) is 38.7 Å². The summed E-state index contributed by atoms with van der Waals surface area (Å²) < 4.78 is 5.08. The van der Waals surface area contributed by atoms with E-state index in [0.717, 1.165) is 11.5 Å². The minimum atomic E-state index is 0.113. The van der Waals surface area contributed by atoms with Crippen LogP contribution in [-0.2, 0) is 4.74 Å². The fraction of sp³-hybridized carbons (Fsp3) is 0.545. The zero-order valence-electron chi connectivity index (χ0n) is 9.73. The van der Waals surface area contributed by atoms with Crippen molar-refractivity contribution in [2.45, 2.75) is 12.5 Å². The first kappa shape index (κ1) is 12.7. The molecule has 0 aliphatic carbocycles. The van der Waals surface area contributed by atoms with E-state index in [4.69, 9.17) is 9.84 Å². The molecule has 1 aromatic heterocycles. The van der Waals surface area contributed by atoms with Crippen LogP contribution in [0.4, 0.5) is 11.5 Å². The molecule has 5 heteroatoms. The lowest BCUT2D eigenvalue weighted by Gasteiger charge is -2.18. The normalized spacial score (nSPS) is 12.2. The van der Waals surface area contributed by atoms with Crippen molar-refractivity contribution in [2.75, 3.05) is 38.0 Å². The van der Waals surface area contributed by atoms with E-state index in [-0.39, 0.29) is 12.6 Å². The van der Waals surface area contributed by atoms with Crippen LogP contribution in [0, 0.1) is 0 Å². The average Bonchev–Trinajstić information content (AvgIpc) is 2.30. The van der Waals surface area contributed by atoms with Gasteiger partial charge in [0.2, 0.25) is 0 Å². The summed E-state index contributed by atoms with van der Waals surface area (Å²) in [4.78, 5) is 4.13. The zero-order chi connectivity index (χ0) is 11.8. The molecule has 0 fully saturated rings. The third kappa shape index (κ3) is 4.04. The first-order valence-corrected chi connectivity index (χ1v) is 5.30. The molecular weight excluding hydrogens is 206 g/mol. The molecule has 90 valence electrons. The fourth-order valence-corrected chi connectivity index (χ4v) is 1.45. The van der Waals surface area contributed by atoms with Gasteiger partial charge in [0.05, 0.1) is 12.6 Å². The Morgan fingerprint density at radius 2 is 2.38 bits per heavy atom. The highest BCUT2D eigenvalue weighted by molar-refractivity contribution is 5.52. The molecule has 0 spiro atoms. The Morgan fingerprint density at radius 1 is 1.56 bits per heavy atom. The average molecular weight is 225 g/mol. The van der Waals surface area contributed by atoms with Crippen LogP contribution < -0.4 is 10.6 Å². The molecule has 16 heavy (non-hydrogen) atoms. The van der Waals surface area contributed by atoms with Gasteiger partial charge in [-0.2, -0.15) is 0 Å². The second-order valence-electron chi connectivity index (χ2n) is 3.49. The van der Waals surface area contributed by atoms with Crippen molar-refractivity contribution >= 4 is 11.5 Å². The third-order valence-electron chi connectivity index (χ3n) is 2.23. The van der Waals surface area contributed by atoms with E-state index < -0.39 is 0 Å². The molecule has 1 rings (SSSR count). The van der Waals surface area contributed by atoms with Crippen molar-refractivity contribution in [3.8, 4) is 0 Å². The number of methoxy groups -OCH3 is 1. The minimum absolute atomic E-state index is 0.113. The number of hydrogen-bond acceptors (Lipinski definition) is 5. The van der Waals surface area contributed by atoms with Crippen molar-refractivity contribution in [3.05, 3.63) is 18.3 Å². The van der Waals surface area contributed by atoms with E-state index in [2.05, 4.69) is 15.6 Å². The maximum atomic E-state index is 8.92. The van der Waals surface area contributed by atoms with E-state index in [1.54, 1.807) is 13.3 Å². The van der Waals surface area contributed by atoms with Crippen LogP contribution in [0.5, 0.6) is 0 Å². The van der Waals surface area contributed by atoms with E-state index >= 15 is 0 Å². The summed E-state index contributed by atoms with van der Waals surface area (Å²) in [6.07, 6.45) is 2.39. The lowest BCUT2D eigenvalue weighted by molar-refractivity contribution is 0.170. The molecule has 0 aromatic carbocycles. The van der Waals surface area contributed by atoms with Gasteiger partial charge in [0.1, 0.15) is 5.82 Å². The van der Waals surface area contributed by atoms with Crippen LogP contribution in [0.15, 0.2) is 18.3 Å². The highest BCUT2D eigenvalue weighted by Crippen LogP contribution is 2.13. The maximum Gasteiger partial charge on any atom is 0.127 e. The monoisotopic (exact) mass is 225 g/mol. The summed E-state index contributed by atoms with van der Waals surface area (Å²) in [5.74, 6) is 0.810. The Kier molecular flexibility index (Phi) is 5.60. The Balaban J connectivity index is 2.60. The number of pyridine rings is 1. The second-order valence-corrected chi connectivity index (χ2v) is 3.49. The summed E-state index contributed by atoms with van der Waals surface area (Å²) in [5, 5.41) is 15.2. The molecule has 0 bridgehead atoms. The number of hydrogen-bond donors (Lipinski definition) is 3. The van der Waals surface area contributed by atoms with Gasteiger partial charge in [-0.25, -0.2) is 4.98 Å². The molecule has 1 atom stereocenters. The summed E-state index contributed by atoms with van der Waals surface area (Å²) in [5.41, 5.74) is 0.967. The first-order chi connectivity index (χ1) is 7.80. The summed E-state index contributed by atoms with van der Waals surface area (Å²) in [6, 6.07) is 3.92. The number of rotatable bonds is 7. The number of aromatic nitrogens is 1. The van der Waals surface area contributed by atoms with Crippen LogP contribution in [0.25, 0.3) is 0 Å². The van der Waals surface area contributed by atoms with Crippen LogP contribution >= 0.6 is 0 Å². The number of nitrogens with one attached hydrogen (secondary N) is 2. The molecular formula is C11H19N3O2. The van der Waals surface area contributed by atoms with Crippen LogP contribution in [0.2, 0.25) is 0 Å². The Bertz CT molecular complexity index is 301. The first-order valence-electron chi connectivity index (χ1n) is 5.30. The molecule has 1 unspecified atom stereocenters. The quantitative estimate of drug-likeness (QED) is 0.644. The van der Waals surface area contributed by atoms with Gasteiger partial charge in [-0.05, 0) is 12.5 Å². The van der Waals surface area contributed by atoms with E-state index in [1.807, 2.05) is 19.2 Å². The third-order valence-corrected chi connectivity index (χ3v) is 2.23. The van der Waals surface area contributed by atoms with E-state index in [1.165, 1.54) is 0 Å². The Morgan fingerprint density at radius 3 is 3.00 bits per heavy atom. The lowest BCUT2D eigenvalue weighted by Crippen LogP contribution is -2.26. The van der Waals surface area contributed by atoms with E-state index in [0.29, 0.717) is 13.0 Å². The molecule has 0 aliphatic rings. The maximum absolute atomic E-state index is 8.92. The number of ether oxygens (including phenoxy) is 1. The van der Waals surface area contributed by atoms with Crippen LogP contribution in [0.3, 0.4) is 0 Å². The van der Waals surface area contributed by atoms with Crippen molar-refractivity contribution in [1.29, 1.82) is 0 Å². The number of nitrogens with zero attached hydrogens (tertiary/aromatic N) is 1. The summed E-state index contributed by atoms with van der Waals surface area (Å²) in [6.45, 7) is 0.711. The van der Waals surface area contributed by atoms with Crippen molar-refractivity contribution in [3.63, 3.8) is 0 Å². The summed E-state index contributed by atoms with van der Waals surface area (Å²) in [7, 11) is 3.48. The van der Waals surface area contributed by atoms with Gasteiger partial charge in [-0.3, -0.25) is 0 Å². The smallest absolute Gasteiger partial charge is 0.127 e. The molecule has 3 N–H and O–H groups in total. The predicted octanol–water partition coefficient (Wildman–Crippen LogP) is 0.933. The molecule has 0 amide bonds. The van der Waals surface area contributed by atoms with Gasteiger partial charge >= 0.3 is 0 Å². The fourth-order valence-electron chi connectivity index (χ4n) is 1.45. The molecule has 0 saturated carbocycles. The molecule has 5 nitrogen and oxygen atoms in total. The largest absolute Gasteiger partial charge is 0.396 e. The van der Waals surface area contributed by atoms with Gasteiger partial charge < -0.3 is 20.5 Å². The molecule has 0 radical (unpaired) electrons. The Hall–Kier alpha value is -1.33. The number of anilines is 2. The van der Waals surface area contributed by atoms with Gasteiger partial charge in [-0.15, -0.1) is 0 Å². The highest BCUT2D eigenvalue weighted by atomic mass is 16.5. The van der Waals surface area contributed by atoms with Crippen molar-refractivity contribution in [2.24, 2.45) is 0 Å². The van der Waals surface area contributed by atoms with Crippen LogP contribution in [-0.4, -0.2) is 43.5 Å². The molecule has 1 heterocycles. The van der Waals surface area contributed by atoms with Gasteiger partial charge in [0.25, 0.3) is 0 Å². The van der Waals surface area contributed by atoms with Crippen molar-refractivity contribution in [1.82, 2.24) is 4.98 Å². The van der Waals surface area contributed by atoms with Gasteiger partial charge in [-0.1, -0.05) is 0 Å². The van der Waals surface area contributed by atoms with Crippen LogP contribution in [0.1, 0.15) is 6.42 Å². The number of aliphatic hydroxyl groups is 1. The topological polar surface area (TPSA) is 66.4 Å². The zero-order valence-corrected chi connectivity index (χ0v) is 9.73. The predicted molar refractivity (Wildman–Crippen MR) is 64.8 cm³/mol. The minimum Gasteiger partial charge on any atom is -0.396 e. The SMILES string of the molecule is CNc1cc(NC(CCO)COC)ccn1. The molecule has 0 aliphatic heterocycles. The lowest BCUT2D eigenvalue weighted by atomic mass is 10.2. The summed E-state index contributed by atoms with van der Waals surface area (Å²) >= 11 is 0. The highest BCUT2D eigenvalue weighted by Gasteiger charge is 2.07. The standard InChI is InChI=1S/C11H19N3O2/c1-12-11-7-9(3-5-13-11)14-10(4-6-15)8-16-2/h3,5,7,10,15H,4,6,8H2,1-2H3,(H2,12,13,14). The molecule has 0 saturated heterocycles. The van der Waals surface area contributed by atoms with E-state index in [9.17, 15) is 0 Å². The van der Waals surface area contributed by atoms with Gasteiger partial charge in [0.15, 0.2) is 0 Å². The Labute approximate surface area is 95.8 Å².